The van der Waals surface area contributed by atoms with Crippen molar-refractivity contribution in [2.75, 3.05) is 13.1 Å². The summed E-state index contributed by atoms with van der Waals surface area (Å²) in [6.07, 6.45) is 19.2. The molecule has 24 heavy (non-hydrogen) atoms. The van der Waals surface area contributed by atoms with E-state index in [1.165, 1.54) is 77.0 Å². The molecule has 0 aliphatic heterocycles. The second-order valence-corrected chi connectivity index (χ2v) is 7.10. The van der Waals surface area contributed by atoms with E-state index in [4.69, 9.17) is 0 Å². The van der Waals surface area contributed by atoms with Gasteiger partial charge in [0.05, 0.1) is 0 Å². The second kappa shape index (κ2) is 18.5. The zero-order valence-electron chi connectivity index (χ0n) is 16.4. The molecule has 0 rings (SSSR count). The monoisotopic (exact) mass is 342 g/mol. The summed E-state index contributed by atoms with van der Waals surface area (Å²) in [7, 11) is 0. The van der Waals surface area contributed by atoms with Gasteiger partial charge in [-0.25, -0.2) is 0 Å². The van der Waals surface area contributed by atoms with Gasteiger partial charge in [0, 0.05) is 22.6 Å². The summed E-state index contributed by atoms with van der Waals surface area (Å²) in [4.78, 5) is 1.25. The molecule has 0 aliphatic rings. The maximum absolute atomic E-state index is 11.7. The number of hydroxylamine groups is 2. The first-order valence-corrected chi connectivity index (χ1v) is 10.6. The summed E-state index contributed by atoms with van der Waals surface area (Å²) in [5.74, 6) is 0. The topological polar surface area (TPSA) is 52.1 Å². The number of hydrogen-bond donors (Lipinski definition) is 0. The van der Waals surface area contributed by atoms with Crippen molar-refractivity contribution >= 4 is 0 Å². The van der Waals surface area contributed by atoms with E-state index in [9.17, 15) is 10.4 Å². The minimum Gasteiger partial charge on any atom is -0.567 e. The van der Waals surface area contributed by atoms with Crippen LogP contribution in [0.5, 0.6) is 0 Å². The molecule has 0 saturated carbocycles. The first-order chi connectivity index (χ1) is 11.7. The summed E-state index contributed by atoms with van der Waals surface area (Å²) < 4.78 is 0. The number of unbranched alkanes of at least 4 members (excludes halogenated alkanes) is 14. The third-order valence-electron chi connectivity index (χ3n) is 4.65. The molecule has 0 fully saturated rings. The van der Waals surface area contributed by atoms with Crippen LogP contribution in [0.4, 0.5) is 0 Å². The Kier molecular flexibility index (Phi) is 17.9. The van der Waals surface area contributed by atoms with Gasteiger partial charge in [0.25, 0.3) is 0 Å². The van der Waals surface area contributed by atoms with Crippen molar-refractivity contribution in [3.63, 3.8) is 0 Å². The van der Waals surface area contributed by atoms with Gasteiger partial charge >= 0.3 is 0 Å². The van der Waals surface area contributed by atoms with Gasteiger partial charge in [0.2, 0.25) is 13.1 Å². The van der Waals surface area contributed by atoms with Crippen molar-refractivity contribution in [2.45, 2.75) is 117 Å². The van der Waals surface area contributed by atoms with Crippen molar-refractivity contribution in [1.82, 2.24) is 0 Å². The molecular weight excluding hydrogens is 300 g/mol. The van der Waals surface area contributed by atoms with Crippen molar-refractivity contribution < 1.29 is 9.72 Å². The van der Waals surface area contributed by atoms with Crippen LogP contribution in [0.3, 0.4) is 0 Å². The Balaban J connectivity index is 3.46. The maximum Gasteiger partial charge on any atom is 0.220 e. The fourth-order valence-electron chi connectivity index (χ4n) is 2.98. The fraction of sp³-hybridized carbons (Fsp3) is 1.00. The Morgan fingerprint density at radius 2 is 0.667 bits per heavy atom. The van der Waals surface area contributed by atoms with Crippen LogP contribution in [0.25, 0.3) is 0 Å². The molecule has 0 unspecified atom stereocenters. The average molecular weight is 343 g/mol. The SMILES string of the molecule is CCCCCCCCCC/[N+]([O-])=[N+](\[O-])CCCCCCCCCC. The quantitative estimate of drug-likeness (QED) is 0.120. The molecule has 0 saturated heterocycles. The lowest BCUT2D eigenvalue weighted by atomic mass is 10.1. The van der Waals surface area contributed by atoms with E-state index >= 15 is 0 Å². The van der Waals surface area contributed by atoms with Crippen LogP contribution in [0.15, 0.2) is 0 Å². The minimum atomic E-state index is 0.357. The molecule has 0 spiro atoms. The Morgan fingerprint density at radius 3 is 0.958 bits per heavy atom. The van der Waals surface area contributed by atoms with Crippen molar-refractivity contribution in [2.24, 2.45) is 0 Å². The van der Waals surface area contributed by atoms with Crippen LogP contribution in [0, 0.1) is 10.4 Å². The molecule has 0 aliphatic carbocycles. The third-order valence-corrected chi connectivity index (χ3v) is 4.65. The zero-order valence-corrected chi connectivity index (χ0v) is 16.4. The predicted octanol–water partition coefficient (Wildman–Crippen LogP) is 6.74. The van der Waals surface area contributed by atoms with Crippen molar-refractivity contribution in [1.29, 1.82) is 0 Å². The van der Waals surface area contributed by atoms with Crippen LogP contribution in [0.1, 0.15) is 117 Å². The number of nitrogens with zero attached hydrogens (tertiary/aromatic N) is 2. The highest BCUT2D eigenvalue weighted by Crippen LogP contribution is 2.09. The summed E-state index contributed by atoms with van der Waals surface area (Å²) in [6, 6.07) is 0. The molecule has 0 aromatic heterocycles. The Morgan fingerprint density at radius 1 is 0.417 bits per heavy atom. The number of azo groups is 1. The fourth-order valence-corrected chi connectivity index (χ4v) is 2.98. The molecule has 0 radical (unpaired) electrons. The number of rotatable bonds is 18. The molecule has 144 valence electrons. The number of hydrogen-bond acceptors (Lipinski definition) is 2. The van der Waals surface area contributed by atoms with Crippen molar-refractivity contribution in [3.8, 4) is 0 Å². The van der Waals surface area contributed by atoms with Gasteiger partial charge in [-0.3, -0.25) is 0 Å². The lowest BCUT2D eigenvalue weighted by molar-refractivity contribution is -0.970. The Bertz CT molecular complexity index is 265. The molecule has 0 aromatic rings. The first kappa shape index (κ1) is 23.2. The third kappa shape index (κ3) is 16.1. The standard InChI is InChI=1S/C20H42N2O2/c1-3-5-7-9-11-13-15-17-19-21(23)22(24)20-18-16-14-12-10-8-6-4-2/h3-20H2,1-2H3/b22-21+. The van der Waals surface area contributed by atoms with Crippen LogP contribution >= 0.6 is 0 Å². The average Bonchev–Trinajstić information content (AvgIpc) is 2.59. The van der Waals surface area contributed by atoms with Gasteiger partial charge in [0.15, 0.2) is 0 Å². The molecule has 0 bridgehead atoms. The van der Waals surface area contributed by atoms with Gasteiger partial charge in [-0.15, -0.1) is 0 Å². The normalized spacial score (nSPS) is 12.4. The van der Waals surface area contributed by atoms with Crippen LogP contribution in [-0.4, -0.2) is 22.8 Å². The van der Waals surface area contributed by atoms with E-state index in [0.29, 0.717) is 22.8 Å². The maximum atomic E-state index is 11.7. The summed E-state index contributed by atoms with van der Waals surface area (Å²) >= 11 is 0. The second-order valence-electron chi connectivity index (χ2n) is 7.10. The molecule has 4 heteroatoms. The van der Waals surface area contributed by atoms with E-state index in [1.54, 1.807) is 0 Å². The molecule has 4 nitrogen and oxygen atoms in total. The molecular formula is C20H42N2O2. The highest BCUT2D eigenvalue weighted by Gasteiger charge is 2.07. The Hall–Kier alpha value is -0.800. The molecule has 0 amide bonds. The van der Waals surface area contributed by atoms with Crippen LogP contribution in [0.2, 0.25) is 0 Å². The highest BCUT2D eigenvalue weighted by atomic mass is 16.6. The highest BCUT2D eigenvalue weighted by molar-refractivity contribution is 4.46. The molecule has 0 atom stereocenters. The smallest absolute Gasteiger partial charge is 0.220 e. The molecule has 0 aromatic carbocycles. The largest absolute Gasteiger partial charge is 0.567 e. The predicted molar refractivity (Wildman–Crippen MR) is 102 cm³/mol. The van der Waals surface area contributed by atoms with Crippen molar-refractivity contribution in [3.05, 3.63) is 10.4 Å². The molecule has 0 heterocycles. The van der Waals surface area contributed by atoms with E-state index in [-0.39, 0.29) is 0 Å². The van der Waals surface area contributed by atoms with E-state index in [2.05, 4.69) is 13.8 Å². The summed E-state index contributed by atoms with van der Waals surface area (Å²) in [5, 5.41) is 23.4. The van der Waals surface area contributed by atoms with E-state index < -0.39 is 0 Å². The van der Waals surface area contributed by atoms with Crippen LogP contribution < -0.4 is 0 Å². The first-order valence-electron chi connectivity index (χ1n) is 10.6. The summed E-state index contributed by atoms with van der Waals surface area (Å²) in [5.41, 5.74) is 0. The minimum absolute atomic E-state index is 0.357. The summed E-state index contributed by atoms with van der Waals surface area (Å²) in [6.45, 7) is 5.17. The van der Waals surface area contributed by atoms with Gasteiger partial charge in [-0.1, -0.05) is 90.9 Å². The van der Waals surface area contributed by atoms with E-state index in [0.717, 1.165) is 25.7 Å². The van der Waals surface area contributed by atoms with Gasteiger partial charge in [-0.05, 0) is 12.8 Å². The Labute approximate surface area is 150 Å². The lowest BCUT2D eigenvalue weighted by Gasteiger charge is -2.05. The van der Waals surface area contributed by atoms with Gasteiger partial charge in [-0.2, -0.15) is 0 Å². The van der Waals surface area contributed by atoms with Gasteiger partial charge < -0.3 is 10.4 Å². The van der Waals surface area contributed by atoms with Gasteiger partial charge in [0.1, 0.15) is 0 Å². The lowest BCUT2D eigenvalue weighted by Crippen LogP contribution is -2.19. The van der Waals surface area contributed by atoms with E-state index in [1.807, 2.05) is 0 Å². The zero-order chi connectivity index (χ0) is 17.9. The molecule has 0 N–H and O–H groups in total. The van der Waals surface area contributed by atoms with Crippen LogP contribution in [-0.2, 0) is 0 Å².